The SMILES string of the molecule is Clc1cncc(Cl)c1-c1nc(Nc2ccc3c(c2)C=NC3)c2ccccc2n1. The highest BCUT2D eigenvalue weighted by Crippen LogP contribution is 2.34. The number of pyridine rings is 1. The monoisotopic (exact) mass is 405 g/mol. The quantitative estimate of drug-likeness (QED) is 0.476. The van der Waals surface area contributed by atoms with E-state index in [0.717, 1.165) is 28.7 Å². The number of halogens is 2. The number of rotatable bonds is 3. The van der Waals surface area contributed by atoms with E-state index >= 15 is 0 Å². The van der Waals surface area contributed by atoms with Crippen molar-refractivity contribution >= 4 is 51.8 Å². The van der Waals surface area contributed by atoms with Crippen molar-refractivity contribution in [2.24, 2.45) is 4.99 Å². The molecule has 136 valence electrons. The minimum absolute atomic E-state index is 0.405. The van der Waals surface area contributed by atoms with Crippen molar-refractivity contribution in [3.05, 3.63) is 76.0 Å². The van der Waals surface area contributed by atoms with Gasteiger partial charge in [-0.15, -0.1) is 0 Å². The summed E-state index contributed by atoms with van der Waals surface area (Å²) in [6.45, 7) is 0.731. The fourth-order valence-corrected chi connectivity index (χ4v) is 3.76. The van der Waals surface area contributed by atoms with Gasteiger partial charge in [0.1, 0.15) is 5.82 Å². The Bertz CT molecular complexity index is 1230. The predicted octanol–water partition coefficient (Wildman–Crippen LogP) is 5.67. The van der Waals surface area contributed by atoms with Crippen LogP contribution in [0.1, 0.15) is 11.1 Å². The molecule has 2 aromatic carbocycles. The zero-order valence-electron chi connectivity index (χ0n) is 14.5. The van der Waals surface area contributed by atoms with Crippen LogP contribution in [0.15, 0.2) is 59.9 Å². The second-order valence-electron chi connectivity index (χ2n) is 6.40. The fourth-order valence-electron chi connectivity index (χ4n) is 3.22. The van der Waals surface area contributed by atoms with Crippen LogP contribution in [0.2, 0.25) is 10.0 Å². The van der Waals surface area contributed by atoms with Gasteiger partial charge in [-0.2, -0.15) is 0 Å². The molecule has 0 unspecified atom stereocenters. The van der Waals surface area contributed by atoms with E-state index in [9.17, 15) is 0 Å². The molecule has 1 aliphatic rings. The lowest BCUT2D eigenvalue weighted by atomic mass is 10.1. The molecule has 0 spiro atoms. The maximum absolute atomic E-state index is 6.33. The molecule has 0 saturated heterocycles. The second kappa shape index (κ2) is 6.86. The first-order chi connectivity index (χ1) is 13.7. The molecule has 0 saturated carbocycles. The van der Waals surface area contributed by atoms with Crippen LogP contribution >= 0.6 is 23.2 Å². The van der Waals surface area contributed by atoms with Crippen LogP contribution in [0, 0.1) is 0 Å². The minimum atomic E-state index is 0.405. The highest BCUT2D eigenvalue weighted by Gasteiger charge is 2.16. The molecule has 5 nitrogen and oxygen atoms in total. The standard InChI is InChI=1S/C21H13Cl2N5/c22-16-10-25-11-17(23)19(16)21-27-18-4-2-1-3-15(18)20(28-21)26-14-6-5-12-8-24-9-13(12)7-14/h1-7,9-11H,8H2,(H,26,27,28). The summed E-state index contributed by atoms with van der Waals surface area (Å²) in [5.74, 6) is 1.13. The molecule has 7 heteroatoms. The molecule has 1 N–H and O–H groups in total. The Kier molecular flexibility index (Phi) is 4.19. The molecule has 0 bridgehead atoms. The molecular weight excluding hydrogens is 393 g/mol. The van der Waals surface area contributed by atoms with Crippen molar-refractivity contribution in [2.45, 2.75) is 6.54 Å². The molecule has 4 aromatic rings. The third-order valence-electron chi connectivity index (χ3n) is 4.58. The molecule has 5 rings (SSSR count). The summed E-state index contributed by atoms with van der Waals surface area (Å²) in [5, 5.41) is 5.13. The topological polar surface area (TPSA) is 63.1 Å². The van der Waals surface area contributed by atoms with Crippen molar-refractivity contribution < 1.29 is 0 Å². The third kappa shape index (κ3) is 2.99. The molecule has 3 heterocycles. The lowest BCUT2D eigenvalue weighted by Crippen LogP contribution is -2.01. The number of hydrogen-bond donors (Lipinski definition) is 1. The van der Waals surface area contributed by atoms with Gasteiger partial charge in [0.2, 0.25) is 0 Å². The number of aliphatic imine (C=N–C) groups is 1. The van der Waals surface area contributed by atoms with E-state index in [4.69, 9.17) is 28.2 Å². The predicted molar refractivity (Wildman–Crippen MR) is 114 cm³/mol. The smallest absolute Gasteiger partial charge is 0.165 e. The van der Waals surface area contributed by atoms with Crippen molar-refractivity contribution in [2.75, 3.05) is 5.32 Å². The number of nitrogens with one attached hydrogen (secondary N) is 1. The molecule has 0 amide bonds. The van der Waals surface area contributed by atoms with Crippen LogP contribution in [-0.4, -0.2) is 21.2 Å². The maximum atomic E-state index is 6.33. The lowest BCUT2D eigenvalue weighted by molar-refractivity contribution is 1.11. The van der Waals surface area contributed by atoms with Crippen molar-refractivity contribution in [1.29, 1.82) is 0 Å². The Balaban J connectivity index is 1.66. The maximum Gasteiger partial charge on any atom is 0.165 e. The summed E-state index contributed by atoms with van der Waals surface area (Å²) in [6, 6.07) is 14.0. The van der Waals surface area contributed by atoms with E-state index in [2.05, 4.69) is 32.4 Å². The second-order valence-corrected chi connectivity index (χ2v) is 7.21. The fraction of sp³-hybridized carbons (Fsp3) is 0.0476. The highest BCUT2D eigenvalue weighted by molar-refractivity contribution is 6.38. The van der Waals surface area contributed by atoms with Gasteiger partial charge in [0.25, 0.3) is 0 Å². The molecule has 1 aliphatic heterocycles. The van der Waals surface area contributed by atoms with Gasteiger partial charge in [0.15, 0.2) is 5.82 Å². The molecule has 2 aromatic heterocycles. The van der Waals surface area contributed by atoms with Gasteiger partial charge in [0, 0.05) is 29.7 Å². The van der Waals surface area contributed by atoms with E-state index in [-0.39, 0.29) is 0 Å². The van der Waals surface area contributed by atoms with E-state index in [1.807, 2.05) is 36.5 Å². The van der Waals surface area contributed by atoms with Crippen LogP contribution < -0.4 is 5.32 Å². The van der Waals surface area contributed by atoms with Crippen molar-refractivity contribution in [1.82, 2.24) is 15.0 Å². The van der Waals surface area contributed by atoms with Gasteiger partial charge in [-0.3, -0.25) is 9.98 Å². The van der Waals surface area contributed by atoms with Crippen molar-refractivity contribution in [3.8, 4) is 11.4 Å². The minimum Gasteiger partial charge on any atom is -0.340 e. The van der Waals surface area contributed by atoms with Crippen LogP contribution in [0.5, 0.6) is 0 Å². The molecule has 0 fully saturated rings. The highest BCUT2D eigenvalue weighted by atomic mass is 35.5. The summed E-state index contributed by atoms with van der Waals surface area (Å²) in [5.41, 5.74) is 4.61. The first kappa shape index (κ1) is 17.1. The van der Waals surface area contributed by atoms with Gasteiger partial charge >= 0.3 is 0 Å². The number of anilines is 2. The number of nitrogens with zero attached hydrogens (tertiary/aromatic N) is 4. The summed E-state index contributed by atoms with van der Waals surface area (Å²) < 4.78 is 0. The van der Waals surface area contributed by atoms with Gasteiger partial charge in [-0.1, -0.05) is 41.4 Å². The van der Waals surface area contributed by atoms with Crippen LogP contribution in [0.4, 0.5) is 11.5 Å². The average Bonchev–Trinajstić information content (AvgIpc) is 3.16. The number of hydrogen-bond acceptors (Lipinski definition) is 5. The summed E-state index contributed by atoms with van der Waals surface area (Å²) in [7, 11) is 0. The van der Waals surface area contributed by atoms with E-state index in [1.165, 1.54) is 18.0 Å². The zero-order valence-corrected chi connectivity index (χ0v) is 16.0. The first-order valence-corrected chi connectivity index (χ1v) is 9.40. The third-order valence-corrected chi connectivity index (χ3v) is 5.15. The number of aromatic nitrogens is 3. The molecule has 0 aliphatic carbocycles. The molecule has 0 atom stereocenters. The first-order valence-electron chi connectivity index (χ1n) is 8.65. The van der Waals surface area contributed by atoms with E-state index in [1.54, 1.807) is 0 Å². The number of para-hydroxylation sites is 1. The van der Waals surface area contributed by atoms with Crippen molar-refractivity contribution in [3.63, 3.8) is 0 Å². The number of benzene rings is 2. The Hall–Kier alpha value is -3.02. The Morgan fingerprint density at radius 2 is 1.75 bits per heavy atom. The lowest BCUT2D eigenvalue weighted by Gasteiger charge is -2.13. The van der Waals surface area contributed by atoms with Crippen LogP contribution in [-0.2, 0) is 6.54 Å². The summed E-state index contributed by atoms with van der Waals surface area (Å²) in [6.07, 6.45) is 4.96. The average molecular weight is 406 g/mol. The normalized spacial score (nSPS) is 12.4. The molecule has 28 heavy (non-hydrogen) atoms. The summed E-state index contributed by atoms with van der Waals surface area (Å²) in [4.78, 5) is 17.7. The zero-order chi connectivity index (χ0) is 19.1. The van der Waals surface area contributed by atoms with Gasteiger partial charge < -0.3 is 5.32 Å². The van der Waals surface area contributed by atoms with Gasteiger partial charge in [-0.25, -0.2) is 9.97 Å². The largest absolute Gasteiger partial charge is 0.340 e. The molecular formula is C21H13Cl2N5. The number of fused-ring (bicyclic) bond motifs is 2. The summed E-state index contributed by atoms with van der Waals surface area (Å²) >= 11 is 12.7. The Labute approximate surface area is 171 Å². The van der Waals surface area contributed by atoms with Gasteiger partial charge in [-0.05, 0) is 35.4 Å². The van der Waals surface area contributed by atoms with E-state index in [0.29, 0.717) is 27.3 Å². The van der Waals surface area contributed by atoms with E-state index < -0.39 is 0 Å². The van der Waals surface area contributed by atoms with Crippen LogP contribution in [0.25, 0.3) is 22.3 Å². The van der Waals surface area contributed by atoms with Crippen LogP contribution in [0.3, 0.4) is 0 Å². The van der Waals surface area contributed by atoms with Gasteiger partial charge in [0.05, 0.1) is 27.7 Å². The Morgan fingerprint density at radius 1 is 0.929 bits per heavy atom. The Morgan fingerprint density at radius 3 is 2.61 bits per heavy atom. The molecule has 0 radical (unpaired) electrons.